The van der Waals surface area contributed by atoms with Gasteiger partial charge in [-0.25, -0.2) is 13.3 Å². The van der Waals surface area contributed by atoms with Crippen LogP contribution in [-0.2, 0) is 19.6 Å². The minimum Gasteiger partial charge on any atom is -0.494 e. The van der Waals surface area contributed by atoms with Gasteiger partial charge < -0.3 is 4.74 Å². The molecule has 0 N–H and O–H groups in total. The molecule has 2 aliphatic heterocycles. The molecule has 2 saturated heterocycles. The molecule has 0 radical (unpaired) electrons. The van der Waals surface area contributed by atoms with Gasteiger partial charge in [-0.1, -0.05) is 12.1 Å². The first-order valence-corrected chi connectivity index (χ1v) is 12.6. The van der Waals surface area contributed by atoms with Gasteiger partial charge in [0, 0.05) is 31.7 Å². The van der Waals surface area contributed by atoms with Crippen LogP contribution in [0.4, 0.5) is 5.69 Å². The summed E-state index contributed by atoms with van der Waals surface area (Å²) in [5, 5.41) is 0. The Hall–Kier alpha value is -3.08. The predicted octanol–water partition coefficient (Wildman–Crippen LogP) is 1.93. The fourth-order valence-electron chi connectivity index (χ4n) is 4.32. The summed E-state index contributed by atoms with van der Waals surface area (Å²) in [6.45, 7) is 4.88. The van der Waals surface area contributed by atoms with E-state index in [1.807, 2.05) is 11.8 Å². The molecule has 0 unspecified atom stereocenters. The highest BCUT2D eigenvalue weighted by molar-refractivity contribution is 7.89. The summed E-state index contributed by atoms with van der Waals surface area (Å²) in [4.78, 5) is 40.7. The SMILES string of the molecule is CCOc1ccc(S(=O)(=O)N2CCN([C@@H]3CC(=O)N(c4cccc(C(C)=O)c4)C3=O)CC2)cc1. The Morgan fingerprint density at radius 1 is 1.03 bits per heavy atom. The van der Waals surface area contributed by atoms with E-state index in [0.717, 1.165) is 4.90 Å². The van der Waals surface area contributed by atoms with Crippen LogP contribution in [0.1, 0.15) is 30.6 Å². The van der Waals surface area contributed by atoms with Crippen molar-refractivity contribution in [1.29, 1.82) is 0 Å². The average molecular weight is 486 g/mol. The van der Waals surface area contributed by atoms with Crippen LogP contribution in [0.5, 0.6) is 5.75 Å². The lowest BCUT2D eigenvalue weighted by Gasteiger charge is -2.36. The third-order valence-corrected chi connectivity index (χ3v) is 8.03. The number of ether oxygens (including phenoxy) is 1. The van der Waals surface area contributed by atoms with Gasteiger partial charge in [-0.05, 0) is 50.2 Å². The summed E-state index contributed by atoms with van der Waals surface area (Å²) >= 11 is 0. The molecule has 10 heteroatoms. The summed E-state index contributed by atoms with van der Waals surface area (Å²) < 4.78 is 32.8. The van der Waals surface area contributed by atoms with Crippen molar-refractivity contribution in [3.05, 3.63) is 54.1 Å². The summed E-state index contributed by atoms with van der Waals surface area (Å²) in [5.41, 5.74) is 0.802. The Morgan fingerprint density at radius 3 is 2.32 bits per heavy atom. The van der Waals surface area contributed by atoms with Crippen molar-refractivity contribution >= 4 is 33.3 Å². The number of Topliss-reactive ketones (excluding diaryl/α,β-unsaturated/α-hetero) is 1. The van der Waals surface area contributed by atoms with E-state index in [4.69, 9.17) is 4.74 Å². The zero-order chi connectivity index (χ0) is 24.5. The number of benzene rings is 2. The number of hydrogen-bond donors (Lipinski definition) is 0. The largest absolute Gasteiger partial charge is 0.494 e. The highest BCUT2D eigenvalue weighted by Gasteiger charge is 2.44. The monoisotopic (exact) mass is 485 g/mol. The third kappa shape index (κ3) is 4.61. The summed E-state index contributed by atoms with van der Waals surface area (Å²) in [5.74, 6) is -0.231. The molecule has 0 bridgehead atoms. The fourth-order valence-corrected chi connectivity index (χ4v) is 5.74. The molecular weight excluding hydrogens is 458 g/mol. The standard InChI is InChI=1S/C24H27N3O6S/c1-3-33-20-7-9-21(10-8-20)34(31,32)26-13-11-25(12-14-26)22-16-23(29)27(24(22)30)19-6-4-5-18(15-19)17(2)28/h4-10,15,22H,3,11-14,16H2,1-2H3/t22-/m1/s1. The first kappa shape index (κ1) is 24.1. The van der Waals surface area contributed by atoms with Crippen molar-refractivity contribution < 1.29 is 27.5 Å². The van der Waals surface area contributed by atoms with E-state index in [1.165, 1.54) is 23.4 Å². The maximum atomic E-state index is 13.1. The molecule has 180 valence electrons. The van der Waals surface area contributed by atoms with Gasteiger partial charge in [0.1, 0.15) is 5.75 Å². The maximum Gasteiger partial charge on any atom is 0.251 e. The van der Waals surface area contributed by atoms with E-state index in [-0.39, 0.29) is 42.0 Å². The zero-order valence-electron chi connectivity index (χ0n) is 19.1. The van der Waals surface area contributed by atoms with Crippen LogP contribution in [0.2, 0.25) is 0 Å². The molecule has 34 heavy (non-hydrogen) atoms. The van der Waals surface area contributed by atoms with Crippen LogP contribution in [-0.4, -0.2) is 74.0 Å². The van der Waals surface area contributed by atoms with Crippen LogP contribution in [0.15, 0.2) is 53.4 Å². The van der Waals surface area contributed by atoms with E-state index < -0.39 is 16.1 Å². The van der Waals surface area contributed by atoms with E-state index in [9.17, 15) is 22.8 Å². The van der Waals surface area contributed by atoms with Crippen molar-refractivity contribution in [2.75, 3.05) is 37.7 Å². The highest BCUT2D eigenvalue weighted by Crippen LogP contribution is 2.28. The number of carbonyl (C=O) groups excluding carboxylic acids is 3. The molecule has 2 aliphatic rings. The molecule has 9 nitrogen and oxygen atoms in total. The van der Waals surface area contributed by atoms with E-state index >= 15 is 0 Å². The second kappa shape index (κ2) is 9.65. The van der Waals surface area contributed by atoms with Crippen molar-refractivity contribution in [3.63, 3.8) is 0 Å². The zero-order valence-corrected chi connectivity index (χ0v) is 20.0. The average Bonchev–Trinajstić information content (AvgIpc) is 3.13. The number of nitrogens with zero attached hydrogens (tertiary/aromatic N) is 3. The van der Waals surface area contributed by atoms with Crippen molar-refractivity contribution in [3.8, 4) is 5.75 Å². The Balaban J connectivity index is 1.43. The molecular formula is C24H27N3O6S. The molecule has 2 amide bonds. The predicted molar refractivity (Wildman–Crippen MR) is 125 cm³/mol. The van der Waals surface area contributed by atoms with Crippen LogP contribution in [0, 0.1) is 0 Å². The van der Waals surface area contributed by atoms with Gasteiger partial charge in [0.05, 0.1) is 29.7 Å². The number of rotatable bonds is 7. The van der Waals surface area contributed by atoms with Gasteiger partial charge in [-0.2, -0.15) is 4.31 Å². The Morgan fingerprint density at radius 2 is 1.71 bits per heavy atom. The Labute approximate surface area is 198 Å². The number of amides is 2. The van der Waals surface area contributed by atoms with Gasteiger partial charge in [-0.15, -0.1) is 0 Å². The van der Waals surface area contributed by atoms with E-state index in [0.29, 0.717) is 36.7 Å². The third-order valence-electron chi connectivity index (χ3n) is 6.12. The lowest BCUT2D eigenvalue weighted by Crippen LogP contribution is -2.53. The second-order valence-corrected chi connectivity index (χ2v) is 10.2. The van der Waals surface area contributed by atoms with Gasteiger partial charge >= 0.3 is 0 Å². The van der Waals surface area contributed by atoms with Gasteiger partial charge in [0.25, 0.3) is 5.91 Å². The Bertz CT molecular complexity index is 1200. The van der Waals surface area contributed by atoms with Gasteiger partial charge in [0.15, 0.2) is 5.78 Å². The number of hydrogen-bond acceptors (Lipinski definition) is 7. The van der Waals surface area contributed by atoms with Crippen molar-refractivity contribution in [2.24, 2.45) is 0 Å². The molecule has 0 saturated carbocycles. The number of ketones is 1. The molecule has 2 aromatic rings. The Kier molecular flexibility index (Phi) is 6.83. The number of anilines is 1. The van der Waals surface area contributed by atoms with Gasteiger partial charge in [0.2, 0.25) is 15.9 Å². The van der Waals surface area contributed by atoms with Crippen molar-refractivity contribution in [1.82, 2.24) is 9.21 Å². The molecule has 0 aromatic heterocycles. The number of sulfonamides is 1. The van der Waals surface area contributed by atoms with E-state index in [2.05, 4.69) is 0 Å². The normalized spacial score (nSPS) is 20.1. The van der Waals surface area contributed by atoms with Gasteiger partial charge in [-0.3, -0.25) is 19.3 Å². The molecule has 1 atom stereocenters. The number of carbonyl (C=O) groups is 3. The highest BCUT2D eigenvalue weighted by atomic mass is 32.2. The lowest BCUT2D eigenvalue weighted by atomic mass is 10.1. The number of piperazine rings is 1. The smallest absolute Gasteiger partial charge is 0.251 e. The molecule has 2 aromatic carbocycles. The van der Waals surface area contributed by atoms with Crippen LogP contribution >= 0.6 is 0 Å². The second-order valence-electron chi connectivity index (χ2n) is 8.24. The first-order valence-electron chi connectivity index (χ1n) is 11.2. The fraction of sp³-hybridized carbons (Fsp3) is 0.375. The lowest BCUT2D eigenvalue weighted by molar-refractivity contribution is -0.123. The topological polar surface area (TPSA) is 104 Å². The summed E-state index contributed by atoms with van der Waals surface area (Å²) in [7, 11) is -3.67. The van der Waals surface area contributed by atoms with Crippen molar-refractivity contribution in [2.45, 2.75) is 31.2 Å². The molecule has 4 rings (SSSR count). The van der Waals surface area contributed by atoms with Crippen LogP contribution in [0.25, 0.3) is 0 Å². The van der Waals surface area contributed by atoms with E-state index in [1.54, 1.807) is 36.4 Å². The number of imide groups is 1. The minimum absolute atomic E-state index is 0.0226. The molecule has 2 heterocycles. The molecule has 0 aliphatic carbocycles. The summed E-state index contributed by atoms with van der Waals surface area (Å²) in [6.07, 6.45) is 0.0226. The molecule has 2 fully saturated rings. The van der Waals surface area contributed by atoms with Crippen LogP contribution < -0.4 is 9.64 Å². The molecule has 0 spiro atoms. The summed E-state index contributed by atoms with van der Waals surface area (Å²) in [6, 6.07) is 12.1. The quantitative estimate of drug-likeness (QED) is 0.436. The van der Waals surface area contributed by atoms with Crippen LogP contribution in [0.3, 0.4) is 0 Å². The maximum absolute atomic E-state index is 13.1. The first-order chi connectivity index (χ1) is 16.2. The minimum atomic E-state index is -3.67.